The first kappa shape index (κ1) is 13.8. The Labute approximate surface area is 128 Å². The lowest BCUT2D eigenvalue weighted by Crippen LogP contribution is -2.03. The van der Waals surface area contributed by atoms with Crippen molar-refractivity contribution in [1.29, 1.82) is 0 Å². The zero-order chi connectivity index (χ0) is 15.4. The van der Waals surface area contributed by atoms with Gasteiger partial charge in [-0.2, -0.15) is 15.0 Å². The van der Waals surface area contributed by atoms with Crippen LogP contribution >= 0.6 is 0 Å². The van der Waals surface area contributed by atoms with E-state index >= 15 is 0 Å². The summed E-state index contributed by atoms with van der Waals surface area (Å²) in [4.78, 5) is 11.7. The molecule has 2 aromatic carbocycles. The fourth-order valence-electron chi connectivity index (χ4n) is 2.09. The highest BCUT2D eigenvalue weighted by atomic mass is 15.1. The van der Waals surface area contributed by atoms with Crippen LogP contribution in [0.2, 0.25) is 0 Å². The van der Waals surface area contributed by atoms with E-state index in [1.54, 1.807) is 6.08 Å². The molecular weight excluding hydrogens is 274 g/mol. The predicted molar refractivity (Wildman–Crippen MR) is 89.5 cm³/mol. The second-order valence-corrected chi connectivity index (χ2v) is 4.73. The molecule has 1 heterocycles. The molecule has 0 amide bonds. The molecule has 0 aliphatic rings. The normalized spacial score (nSPS) is 10.9. The van der Waals surface area contributed by atoms with Gasteiger partial charge in [-0.25, -0.2) is 0 Å². The number of aromatic nitrogens is 3. The summed E-state index contributed by atoms with van der Waals surface area (Å²) in [6.07, 6.45) is 3.66. The number of nitrogens with two attached hydrogens (primary N) is 2. The monoisotopic (exact) mass is 289 g/mol. The van der Waals surface area contributed by atoms with Gasteiger partial charge in [0.15, 0.2) is 5.82 Å². The fourth-order valence-corrected chi connectivity index (χ4v) is 2.09. The summed E-state index contributed by atoms with van der Waals surface area (Å²) < 4.78 is 0. The van der Waals surface area contributed by atoms with Crippen LogP contribution < -0.4 is 11.5 Å². The lowest BCUT2D eigenvalue weighted by molar-refractivity contribution is 1.06. The number of benzene rings is 2. The highest BCUT2D eigenvalue weighted by Crippen LogP contribution is 2.19. The van der Waals surface area contributed by atoms with Gasteiger partial charge >= 0.3 is 0 Å². The molecule has 5 nitrogen and oxygen atoms in total. The van der Waals surface area contributed by atoms with Gasteiger partial charge in [-0.05, 0) is 22.8 Å². The van der Waals surface area contributed by atoms with Crippen molar-refractivity contribution in [2.24, 2.45) is 0 Å². The van der Waals surface area contributed by atoms with E-state index in [1.807, 2.05) is 36.4 Å². The topological polar surface area (TPSA) is 90.7 Å². The summed E-state index contributed by atoms with van der Waals surface area (Å²) in [7, 11) is 0. The largest absolute Gasteiger partial charge is 0.368 e. The fraction of sp³-hybridized carbons (Fsp3) is 0. The molecule has 0 atom stereocenters. The lowest BCUT2D eigenvalue weighted by atomic mass is 10.0. The van der Waals surface area contributed by atoms with Crippen LogP contribution in [0.25, 0.3) is 23.3 Å². The van der Waals surface area contributed by atoms with Gasteiger partial charge in [-0.3, -0.25) is 0 Å². The van der Waals surface area contributed by atoms with Crippen molar-refractivity contribution in [2.75, 3.05) is 11.5 Å². The number of nitrogen functional groups attached to an aromatic ring is 2. The van der Waals surface area contributed by atoms with Gasteiger partial charge < -0.3 is 11.5 Å². The van der Waals surface area contributed by atoms with E-state index in [-0.39, 0.29) is 11.9 Å². The number of nitrogens with zero attached hydrogens (tertiary/aromatic N) is 3. The number of hydrogen-bond donors (Lipinski definition) is 2. The Morgan fingerprint density at radius 3 is 1.86 bits per heavy atom. The van der Waals surface area contributed by atoms with Crippen molar-refractivity contribution in [2.45, 2.75) is 0 Å². The molecule has 0 unspecified atom stereocenters. The second-order valence-electron chi connectivity index (χ2n) is 4.73. The number of hydrogen-bond acceptors (Lipinski definition) is 5. The third-order valence-electron chi connectivity index (χ3n) is 3.13. The van der Waals surface area contributed by atoms with Crippen molar-refractivity contribution >= 4 is 24.0 Å². The van der Waals surface area contributed by atoms with Gasteiger partial charge in [-0.15, -0.1) is 0 Å². The summed E-state index contributed by atoms with van der Waals surface area (Å²) in [6, 6.07) is 18.4. The van der Waals surface area contributed by atoms with Crippen LogP contribution in [0.3, 0.4) is 0 Å². The summed E-state index contributed by atoms with van der Waals surface area (Å²) in [5, 5.41) is 0. The Morgan fingerprint density at radius 2 is 1.23 bits per heavy atom. The molecule has 3 aromatic rings. The number of anilines is 2. The van der Waals surface area contributed by atoms with Gasteiger partial charge in [0, 0.05) is 0 Å². The van der Waals surface area contributed by atoms with Gasteiger partial charge in [0.2, 0.25) is 11.9 Å². The van der Waals surface area contributed by atoms with Crippen LogP contribution in [0.4, 0.5) is 11.9 Å². The minimum atomic E-state index is 0.117. The SMILES string of the molecule is Nc1nc(N)nc(/C=C/c2ccc(-c3ccccc3)cc2)n1. The van der Waals surface area contributed by atoms with Crippen LogP contribution in [-0.2, 0) is 0 Å². The predicted octanol–water partition coefficient (Wildman–Crippen LogP) is 2.87. The van der Waals surface area contributed by atoms with E-state index in [9.17, 15) is 0 Å². The second kappa shape index (κ2) is 6.05. The minimum Gasteiger partial charge on any atom is -0.368 e. The van der Waals surface area contributed by atoms with Gasteiger partial charge in [-0.1, -0.05) is 60.7 Å². The molecule has 0 saturated carbocycles. The van der Waals surface area contributed by atoms with Crippen LogP contribution in [0.1, 0.15) is 11.4 Å². The summed E-state index contributed by atoms with van der Waals surface area (Å²) in [6.45, 7) is 0. The standard InChI is InChI=1S/C17H15N5/c18-16-20-15(21-17(19)22-16)11-8-12-6-9-14(10-7-12)13-4-2-1-3-5-13/h1-11H,(H4,18,19,20,21,22)/b11-8+. The third-order valence-corrected chi connectivity index (χ3v) is 3.13. The molecule has 108 valence electrons. The van der Waals surface area contributed by atoms with E-state index in [2.05, 4.69) is 39.2 Å². The Balaban J connectivity index is 1.80. The molecule has 5 heteroatoms. The van der Waals surface area contributed by atoms with E-state index in [0.29, 0.717) is 5.82 Å². The maximum absolute atomic E-state index is 5.54. The Bertz CT molecular complexity index is 775. The first-order chi connectivity index (χ1) is 10.7. The van der Waals surface area contributed by atoms with E-state index in [0.717, 1.165) is 5.56 Å². The zero-order valence-corrected chi connectivity index (χ0v) is 11.8. The van der Waals surface area contributed by atoms with Gasteiger partial charge in [0.25, 0.3) is 0 Å². The average molecular weight is 289 g/mol. The zero-order valence-electron chi connectivity index (χ0n) is 11.8. The molecule has 0 aliphatic heterocycles. The third kappa shape index (κ3) is 3.27. The van der Waals surface area contributed by atoms with Crippen LogP contribution in [-0.4, -0.2) is 15.0 Å². The summed E-state index contributed by atoms with van der Waals surface area (Å²) in [5.74, 6) is 0.676. The lowest BCUT2D eigenvalue weighted by Gasteiger charge is -2.02. The maximum Gasteiger partial charge on any atom is 0.225 e. The molecule has 4 N–H and O–H groups in total. The molecule has 0 aliphatic carbocycles. The Morgan fingerprint density at radius 1 is 0.636 bits per heavy atom. The first-order valence-electron chi connectivity index (χ1n) is 6.81. The summed E-state index contributed by atoms with van der Waals surface area (Å²) >= 11 is 0. The van der Waals surface area contributed by atoms with Crippen LogP contribution in [0.15, 0.2) is 54.6 Å². The van der Waals surface area contributed by atoms with Crippen LogP contribution in [0.5, 0.6) is 0 Å². The highest BCUT2D eigenvalue weighted by Gasteiger charge is 1.99. The molecule has 3 rings (SSSR count). The molecule has 0 bridgehead atoms. The summed E-state index contributed by atoms with van der Waals surface area (Å²) in [5.41, 5.74) is 14.5. The Hall–Kier alpha value is -3.21. The Kier molecular flexibility index (Phi) is 3.78. The maximum atomic E-state index is 5.54. The molecule has 1 aromatic heterocycles. The van der Waals surface area contributed by atoms with Crippen molar-refractivity contribution in [1.82, 2.24) is 15.0 Å². The molecule has 22 heavy (non-hydrogen) atoms. The van der Waals surface area contributed by atoms with Crippen LogP contribution in [0, 0.1) is 0 Å². The highest BCUT2D eigenvalue weighted by molar-refractivity contribution is 5.70. The minimum absolute atomic E-state index is 0.117. The van der Waals surface area contributed by atoms with Gasteiger partial charge in [0.05, 0.1) is 0 Å². The average Bonchev–Trinajstić information content (AvgIpc) is 2.53. The molecule has 0 spiro atoms. The smallest absolute Gasteiger partial charge is 0.225 e. The van der Waals surface area contributed by atoms with Crippen molar-refractivity contribution in [3.63, 3.8) is 0 Å². The molecule has 0 radical (unpaired) electrons. The first-order valence-corrected chi connectivity index (χ1v) is 6.81. The molecule has 0 saturated heterocycles. The number of rotatable bonds is 3. The van der Waals surface area contributed by atoms with Gasteiger partial charge in [0.1, 0.15) is 0 Å². The van der Waals surface area contributed by atoms with Crippen molar-refractivity contribution < 1.29 is 0 Å². The van der Waals surface area contributed by atoms with E-state index in [4.69, 9.17) is 11.5 Å². The van der Waals surface area contributed by atoms with E-state index < -0.39 is 0 Å². The molecular formula is C17H15N5. The molecule has 0 fully saturated rings. The van der Waals surface area contributed by atoms with E-state index in [1.165, 1.54) is 11.1 Å². The quantitative estimate of drug-likeness (QED) is 0.773. The van der Waals surface area contributed by atoms with Crippen molar-refractivity contribution in [3.05, 3.63) is 66.0 Å². The van der Waals surface area contributed by atoms with Crippen molar-refractivity contribution in [3.8, 4) is 11.1 Å².